The zero-order chi connectivity index (χ0) is 16.2. The highest BCUT2D eigenvalue weighted by Gasteiger charge is 2.12. The summed E-state index contributed by atoms with van der Waals surface area (Å²) in [6.07, 6.45) is 4.04. The molecule has 0 aromatic heterocycles. The Bertz CT molecular complexity index is 806. The highest BCUT2D eigenvalue weighted by atomic mass is 15.1. The van der Waals surface area contributed by atoms with E-state index in [0.717, 1.165) is 28.1 Å². The minimum absolute atomic E-state index is 0.673. The number of fused-ring (bicyclic) bond motifs is 1. The van der Waals surface area contributed by atoms with Crippen molar-refractivity contribution >= 4 is 23.5 Å². The van der Waals surface area contributed by atoms with Crippen molar-refractivity contribution in [2.24, 2.45) is 0 Å². The molecule has 0 radical (unpaired) electrons. The van der Waals surface area contributed by atoms with E-state index in [2.05, 4.69) is 46.6 Å². The number of rotatable bonds is 3. The zero-order valence-corrected chi connectivity index (χ0v) is 13.4. The van der Waals surface area contributed by atoms with Gasteiger partial charge < -0.3 is 10.2 Å². The Morgan fingerprint density at radius 2 is 1.87 bits per heavy atom. The normalized spacial score (nSPS) is 13.4. The Morgan fingerprint density at radius 3 is 2.57 bits per heavy atom. The van der Waals surface area contributed by atoms with Crippen molar-refractivity contribution in [1.29, 1.82) is 5.26 Å². The largest absolute Gasteiger partial charge is 0.380 e. The van der Waals surface area contributed by atoms with Gasteiger partial charge in [0.25, 0.3) is 0 Å². The molecule has 0 bridgehead atoms. The van der Waals surface area contributed by atoms with Crippen molar-refractivity contribution in [3.8, 4) is 6.07 Å². The molecule has 3 nitrogen and oxygen atoms in total. The van der Waals surface area contributed by atoms with Crippen LogP contribution in [0, 0.1) is 11.3 Å². The number of nitrogens with one attached hydrogen (secondary N) is 1. The van der Waals surface area contributed by atoms with Gasteiger partial charge in [0.05, 0.1) is 11.6 Å². The van der Waals surface area contributed by atoms with Crippen LogP contribution in [0.5, 0.6) is 0 Å². The molecule has 1 aliphatic rings. The van der Waals surface area contributed by atoms with E-state index in [1.807, 2.05) is 44.4 Å². The summed E-state index contributed by atoms with van der Waals surface area (Å²) in [5, 5.41) is 12.9. The summed E-state index contributed by atoms with van der Waals surface area (Å²) in [5.74, 6) is 0. The second kappa shape index (κ2) is 6.41. The minimum atomic E-state index is 0.673. The van der Waals surface area contributed by atoms with Crippen molar-refractivity contribution in [3.05, 3.63) is 70.8 Å². The number of para-hydroxylation sites is 1. The Balaban J connectivity index is 1.91. The fourth-order valence-corrected chi connectivity index (χ4v) is 2.62. The molecule has 0 atom stereocenters. The van der Waals surface area contributed by atoms with Crippen molar-refractivity contribution in [3.63, 3.8) is 0 Å². The van der Waals surface area contributed by atoms with Gasteiger partial charge in [-0.15, -0.1) is 0 Å². The average Bonchev–Trinajstić information content (AvgIpc) is 2.59. The van der Waals surface area contributed by atoms with Crippen LogP contribution in [0.4, 0.5) is 11.4 Å². The predicted octanol–water partition coefficient (Wildman–Crippen LogP) is 4.17. The maximum absolute atomic E-state index is 9.54. The number of nitrogens with zero attached hydrogens (tertiary/aromatic N) is 2. The lowest BCUT2D eigenvalue weighted by molar-refractivity contribution is 1.13. The van der Waals surface area contributed by atoms with E-state index >= 15 is 0 Å². The summed E-state index contributed by atoms with van der Waals surface area (Å²) in [6, 6.07) is 18.7. The van der Waals surface area contributed by atoms with Gasteiger partial charge in [0.2, 0.25) is 0 Å². The first kappa shape index (κ1) is 14.9. The third kappa shape index (κ3) is 3.27. The van der Waals surface area contributed by atoms with Gasteiger partial charge >= 0.3 is 0 Å². The van der Waals surface area contributed by atoms with Crippen LogP contribution in [0.1, 0.15) is 11.1 Å². The van der Waals surface area contributed by atoms with Gasteiger partial charge in [-0.05, 0) is 47.1 Å². The van der Waals surface area contributed by atoms with E-state index in [0.29, 0.717) is 12.1 Å². The summed E-state index contributed by atoms with van der Waals surface area (Å²) in [4.78, 5) is 2.06. The first-order valence-corrected chi connectivity index (χ1v) is 7.60. The molecule has 0 fully saturated rings. The minimum Gasteiger partial charge on any atom is -0.380 e. The van der Waals surface area contributed by atoms with Gasteiger partial charge in [-0.1, -0.05) is 30.3 Å². The topological polar surface area (TPSA) is 39.1 Å². The molecule has 114 valence electrons. The monoisotopic (exact) mass is 301 g/mol. The molecule has 3 heteroatoms. The van der Waals surface area contributed by atoms with Gasteiger partial charge in [-0.25, -0.2) is 0 Å². The molecule has 1 heterocycles. The second-order valence-corrected chi connectivity index (χ2v) is 5.77. The van der Waals surface area contributed by atoms with Crippen molar-refractivity contribution in [1.82, 2.24) is 0 Å². The smallest absolute Gasteiger partial charge is 0.0995 e. The molecular weight excluding hydrogens is 282 g/mol. The maximum Gasteiger partial charge on any atom is 0.0995 e. The first-order valence-electron chi connectivity index (χ1n) is 7.60. The molecule has 0 saturated carbocycles. The molecule has 0 spiro atoms. The van der Waals surface area contributed by atoms with E-state index in [1.54, 1.807) is 0 Å². The molecule has 23 heavy (non-hydrogen) atoms. The Labute approximate surface area is 137 Å². The van der Waals surface area contributed by atoms with Gasteiger partial charge in [0, 0.05) is 32.0 Å². The average molecular weight is 301 g/mol. The Kier molecular flexibility index (Phi) is 4.16. The molecule has 0 saturated heterocycles. The fourth-order valence-electron chi connectivity index (χ4n) is 2.62. The zero-order valence-electron chi connectivity index (χ0n) is 13.4. The van der Waals surface area contributed by atoms with Gasteiger partial charge in [0.1, 0.15) is 0 Å². The van der Waals surface area contributed by atoms with Crippen LogP contribution in [0.2, 0.25) is 0 Å². The van der Waals surface area contributed by atoms with Crippen LogP contribution < -0.4 is 10.2 Å². The van der Waals surface area contributed by atoms with E-state index < -0.39 is 0 Å². The number of nitriles is 1. The predicted molar refractivity (Wildman–Crippen MR) is 97.3 cm³/mol. The molecule has 3 rings (SSSR count). The van der Waals surface area contributed by atoms with Crippen molar-refractivity contribution in [2.45, 2.75) is 0 Å². The number of hydrogen-bond acceptors (Lipinski definition) is 3. The summed E-state index contributed by atoms with van der Waals surface area (Å²) >= 11 is 0. The summed E-state index contributed by atoms with van der Waals surface area (Å²) in [6.45, 7) is 0.673. The van der Waals surface area contributed by atoms with Crippen LogP contribution in [0.15, 0.2) is 59.7 Å². The van der Waals surface area contributed by atoms with Crippen molar-refractivity contribution < 1.29 is 0 Å². The molecule has 1 aliphatic heterocycles. The highest BCUT2D eigenvalue weighted by Crippen LogP contribution is 2.27. The third-order valence-corrected chi connectivity index (χ3v) is 3.95. The Hall–Kier alpha value is -2.99. The molecule has 1 N–H and O–H groups in total. The molecule has 0 unspecified atom stereocenters. The number of benzene rings is 2. The quantitative estimate of drug-likeness (QED) is 0.865. The number of hydrogen-bond donors (Lipinski definition) is 1. The molecule has 2 aromatic rings. The fraction of sp³-hybridized carbons (Fsp3) is 0.150. The summed E-state index contributed by atoms with van der Waals surface area (Å²) < 4.78 is 0. The Morgan fingerprint density at radius 1 is 1.13 bits per heavy atom. The van der Waals surface area contributed by atoms with Crippen LogP contribution in [-0.4, -0.2) is 20.6 Å². The maximum atomic E-state index is 9.54. The van der Waals surface area contributed by atoms with E-state index in [9.17, 15) is 5.26 Å². The highest BCUT2D eigenvalue weighted by molar-refractivity contribution is 5.79. The summed E-state index contributed by atoms with van der Waals surface area (Å²) in [5.41, 5.74) is 6.13. The third-order valence-electron chi connectivity index (χ3n) is 3.95. The molecular formula is C20H19N3. The van der Waals surface area contributed by atoms with E-state index in [-0.39, 0.29) is 0 Å². The summed E-state index contributed by atoms with van der Waals surface area (Å²) in [7, 11) is 4.03. The lowest BCUT2D eigenvalue weighted by atomic mass is 9.97. The lowest BCUT2D eigenvalue weighted by Crippen LogP contribution is -2.11. The van der Waals surface area contributed by atoms with Crippen LogP contribution in [-0.2, 0) is 0 Å². The molecule has 0 amide bonds. The SMILES string of the molecule is CN(C)c1ccc(/C=C(\C#N)C2=Cc3ccccc3NC2)cc1. The van der Waals surface area contributed by atoms with Crippen molar-refractivity contribution in [2.75, 3.05) is 30.9 Å². The van der Waals surface area contributed by atoms with Gasteiger partial charge in [-0.3, -0.25) is 0 Å². The molecule has 2 aromatic carbocycles. The lowest BCUT2D eigenvalue weighted by Gasteiger charge is -2.18. The first-order chi connectivity index (χ1) is 11.2. The standard InChI is InChI=1S/C20H19N3/c1-23(2)19-9-7-15(8-10-19)11-17(13-21)18-12-16-5-3-4-6-20(16)22-14-18/h3-12,22H,14H2,1-2H3/b17-11+. The van der Waals surface area contributed by atoms with E-state index in [4.69, 9.17) is 0 Å². The second-order valence-electron chi connectivity index (χ2n) is 5.77. The van der Waals surface area contributed by atoms with Crippen LogP contribution in [0.3, 0.4) is 0 Å². The van der Waals surface area contributed by atoms with Gasteiger partial charge in [0.15, 0.2) is 0 Å². The van der Waals surface area contributed by atoms with E-state index in [1.165, 1.54) is 0 Å². The number of anilines is 2. The molecule has 0 aliphatic carbocycles. The van der Waals surface area contributed by atoms with Crippen LogP contribution >= 0.6 is 0 Å². The van der Waals surface area contributed by atoms with Gasteiger partial charge in [-0.2, -0.15) is 5.26 Å². The van der Waals surface area contributed by atoms with Crippen LogP contribution in [0.25, 0.3) is 12.2 Å².